The summed E-state index contributed by atoms with van der Waals surface area (Å²) in [5.74, 6) is 0.502. The van der Waals surface area contributed by atoms with Gasteiger partial charge in [-0.1, -0.05) is 13.8 Å². The number of carbonyl (C=O) groups is 1. The largest absolute Gasteiger partial charge is 0.494 e. The number of nitrogen functional groups attached to an aromatic ring is 1. The number of rotatable bonds is 8. The predicted molar refractivity (Wildman–Crippen MR) is 86.7 cm³/mol. The molecule has 0 fully saturated rings. The number of likely N-dealkylation sites (N-methyl/N-ethyl adjacent to an activating group) is 1. The summed E-state index contributed by atoms with van der Waals surface area (Å²) in [4.78, 5) is 14.6. The first-order valence-corrected chi connectivity index (χ1v) is 7.56. The third-order valence-corrected chi connectivity index (χ3v) is 3.31. The fourth-order valence-corrected chi connectivity index (χ4v) is 2.23. The molecule has 1 rings (SSSR count). The van der Waals surface area contributed by atoms with E-state index in [1.54, 1.807) is 18.2 Å². The molecule has 1 atom stereocenters. The van der Waals surface area contributed by atoms with Crippen molar-refractivity contribution in [3.63, 3.8) is 0 Å². The molecular formula is C16H27N3O2. The van der Waals surface area contributed by atoms with Gasteiger partial charge in [-0.15, -0.1) is 0 Å². The molecule has 1 unspecified atom stereocenters. The smallest absolute Gasteiger partial charge is 0.251 e. The Morgan fingerprint density at radius 2 is 1.95 bits per heavy atom. The maximum absolute atomic E-state index is 12.3. The topological polar surface area (TPSA) is 67.6 Å². The van der Waals surface area contributed by atoms with Crippen LogP contribution in [0.25, 0.3) is 0 Å². The van der Waals surface area contributed by atoms with Gasteiger partial charge >= 0.3 is 0 Å². The Hall–Kier alpha value is -1.75. The van der Waals surface area contributed by atoms with Gasteiger partial charge in [0.1, 0.15) is 5.75 Å². The monoisotopic (exact) mass is 293 g/mol. The number of ether oxygens (including phenoxy) is 1. The molecule has 0 saturated carbocycles. The van der Waals surface area contributed by atoms with Gasteiger partial charge in [0.2, 0.25) is 0 Å². The Morgan fingerprint density at radius 1 is 1.29 bits per heavy atom. The standard InChI is InChI=1S/C16H27N3O2/c1-5-19(6-2)11-12(4)18-16(20)13-8-14(17)10-15(9-13)21-7-3/h8-10,12H,5-7,11,17H2,1-4H3,(H,18,20). The zero-order valence-electron chi connectivity index (χ0n) is 13.5. The van der Waals surface area contributed by atoms with Crippen molar-refractivity contribution in [3.8, 4) is 5.75 Å². The van der Waals surface area contributed by atoms with E-state index >= 15 is 0 Å². The van der Waals surface area contributed by atoms with Gasteiger partial charge in [0.15, 0.2) is 0 Å². The lowest BCUT2D eigenvalue weighted by molar-refractivity contribution is 0.0930. The predicted octanol–water partition coefficient (Wildman–Crippen LogP) is 2.13. The molecule has 0 aliphatic carbocycles. The minimum Gasteiger partial charge on any atom is -0.494 e. The zero-order chi connectivity index (χ0) is 15.8. The minimum absolute atomic E-state index is 0.0781. The van der Waals surface area contributed by atoms with Crippen LogP contribution in [0.3, 0.4) is 0 Å². The van der Waals surface area contributed by atoms with Crippen LogP contribution in [0, 0.1) is 0 Å². The molecule has 5 nitrogen and oxygen atoms in total. The number of nitrogens with zero attached hydrogens (tertiary/aromatic N) is 1. The van der Waals surface area contributed by atoms with Crippen molar-refractivity contribution < 1.29 is 9.53 Å². The second-order valence-electron chi connectivity index (χ2n) is 5.08. The third kappa shape index (κ3) is 5.63. The number of nitrogens with one attached hydrogen (secondary N) is 1. The van der Waals surface area contributed by atoms with E-state index in [1.165, 1.54) is 0 Å². The molecular weight excluding hydrogens is 266 g/mol. The van der Waals surface area contributed by atoms with Crippen LogP contribution >= 0.6 is 0 Å². The minimum atomic E-state index is -0.122. The van der Waals surface area contributed by atoms with Crippen LogP contribution in [-0.4, -0.2) is 43.1 Å². The van der Waals surface area contributed by atoms with Crippen LogP contribution in [0.2, 0.25) is 0 Å². The van der Waals surface area contributed by atoms with Gasteiger partial charge in [0, 0.05) is 29.9 Å². The molecule has 1 amide bonds. The lowest BCUT2D eigenvalue weighted by Crippen LogP contribution is -2.41. The molecule has 0 heterocycles. The van der Waals surface area contributed by atoms with Crippen molar-refractivity contribution >= 4 is 11.6 Å². The number of anilines is 1. The normalized spacial score (nSPS) is 12.2. The number of hydrogen-bond acceptors (Lipinski definition) is 4. The molecule has 0 spiro atoms. The average molecular weight is 293 g/mol. The van der Waals surface area contributed by atoms with Gasteiger partial charge in [0.25, 0.3) is 5.91 Å². The summed E-state index contributed by atoms with van der Waals surface area (Å²) < 4.78 is 5.41. The molecule has 0 aliphatic heterocycles. The molecule has 0 radical (unpaired) electrons. The van der Waals surface area contributed by atoms with Gasteiger partial charge in [-0.2, -0.15) is 0 Å². The van der Waals surface area contributed by atoms with Crippen molar-refractivity contribution in [1.82, 2.24) is 10.2 Å². The van der Waals surface area contributed by atoms with E-state index in [-0.39, 0.29) is 11.9 Å². The van der Waals surface area contributed by atoms with Gasteiger partial charge in [-0.05, 0) is 39.1 Å². The molecule has 0 aromatic heterocycles. The fraction of sp³-hybridized carbons (Fsp3) is 0.562. The van der Waals surface area contributed by atoms with E-state index in [0.29, 0.717) is 23.6 Å². The highest BCUT2D eigenvalue weighted by Gasteiger charge is 2.13. The number of benzene rings is 1. The average Bonchev–Trinajstić information content (AvgIpc) is 2.44. The summed E-state index contributed by atoms with van der Waals surface area (Å²) in [5.41, 5.74) is 6.88. The number of amides is 1. The molecule has 1 aromatic carbocycles. The highest BCUT2D eigenvalue weighted by molar-refractivity contribution is 5.95. The van der Waals surface area contributed by atoms with Gasteiger partial charge in [-0.25, -0.2) is 0 Å². The summed E-state index contributed by atoms with van der Waals surface area (Å²) >= 11 is 0. The van der Waals surface area contributed by atoms with Crippen molar-refractivity contribution in [2.45, 2.75) is 33.7 Å². The molecule has 0 bridgehead atoms. The second-order valence-corrected chi connectivity index (χ2v) is 5.08. The molecule has 118 valence electrons. The zero-order valence-corrected chi connectivity index (χ0v) is 13.5. The quantitative estimate of drug-likeness (QED) is 0.721. The first-order chi connectivity index (χ1) is 9.99. The van der Waals surface area contributed by atoms with Crippen LogP contribution in [-0.2, 0) is 0 Å². The molecule has 3 N–H and O–H groups in total. The van der Waals surface area contributed by atoms with Crippen molar-refractivity contribution in [2.24, 2.45) is 0 Å². The fourth-order valence-electron chi connectivity index (χ4n) is 2.23. The first kappa shape index (κ1) is 17.3. The van der Waals surface area contributed by atoms with Crippen LogP contribution in [0.1, 0.15) is 38.1 Å². The Labute approximate surface area is 127 Å². The Morgan fingerprint density at radius 3 is 2.52 bits per heavy atom. The van der Waals surface area contributed by atoms with E-state index in [4.69, 9.17) is 10.5 Å². The number of hydrogen-bond donors (Lipinski definition) is 2. The molecule has 21 heavy (non-hydrogen) atoms. The van der Waals surface area contributed by atoms with Crippen molar-refractivity contribution in [1.29, 1.82) is 0 Å². The van der Waals surface area contributed by atoms with Gasteiger partial charge in [-0.3, -0.25) is 4.79 Å². The Kier molecular flexibility index (Phi) is 7.02. The Bertz CT molecular complexity index is 459. The maximum atomic E-state index is 12.3. The van der Waals surface area contributed by atoms with Crippen LogP contribution < -0.4 is 15.8 Å². The summed E-state index contributed by atoms with van der Waals surface area (Å²) in [6.45, 7) is 11.5. The number of carbonyl (C=O) groups excluding carboxylic acids is 1. The number of nitrogens with two attached hydrogens (primary N) is 1. The summed E-state index contributed by atoms with van der Waals surface area (Å²) in [6.07, 6.45) is 0. The van der Waals surface area contributed by atoms with E-state index in [9.17, 15) is 4.79 Å². The van der Waals surface area contributed by atoms with Crippen LogP contribution in [0.15, 0.2) is 18.2 Å². The third-order valence-electron chi connectivity index (χ3n) is 3.31. The lowest BCUT2D eigenvalue weighted by Gasteiger charge is -2.23. The van der Waals surface area contributed by atoms with E-state index < -0.39 is 0 Å². The summed E-state index contributed by atoms with van der Waals surface area (Å²) in [7, 11) is 0. The highest BCUT2D eigenvalue weighted by Crippen LogP contribution is 2.19. The van der Waals surface area contributed by atoms with Gasteiger partial charge < -0.3 is 20.7 Å². The second kappa shape index (κ2) is 8.52. The summed E-state index contributed by atoms with van der Waals surface area (Å²) in [6, 6.07) is 5.19. The lowest BCUT2D eigenvalue weighted by atomic mass is 10.1. The van der Waals surface area contributed by atoms with E-state index in [0.717, 1.165) is 19.6 Å². The molecule has 5 heteroatoms. The summed E-state index contributed by atoms with van der Waals surface area (Å²) in [5, 5.41) is 3.00. The van der Waals surface area contributed by atoms with E-state index in [1.807, 2.05) is 13.8 Å². The molecule has 0 aliphatic rings. The van der Waals surface area contributed by atoms with Crippen molar-refractivity contribution in [2.75, 3.05) is 32.0 Å². The highest BCUT2D eigenvalue weighted by atomic mass is 16.5. The van der Waals surface area contributed by atoms with Gasteiger partial charge in [0.05, 0.1) is 6.61 Å². The SMILES string of the molecule is CCOc1cc(N)cc(C(=O)NC(C)CN(CC)CC)c1. The first-order valence-electron chi connectivity index (χ1n) is 7.56. The molecule has 0 saturated heterocycles. The van der Waals surface area contributed by atoms with Crippen molar-refractivity contribution in [3.05, 3.63) is 23.8 Å². The van der Waals surface area contributed by atoms with Crippen LogP contribution in [0.5, 0.6) is 5.75 Å². The van der Waals surface area contributed by atoms with E-state index in [2.05, 4.69) is 24.1 Å². The molecule has 1 aromatic rings. The maximum Gasteiger partial charge on any atom is 0.251 e. The Balaban J connectivity index is 2.70. The van der Waals surface area contributed by atoms with Crippen LogP contribution in [0.4, 0.5) is 5.69 Å².